The summed E-state index contributed by atoms with van der Waals surface area (Å²) in [7, 11) is -7.96. The fraction of sp³-hybridized carbons (Fsp3) is 0.194. The van der Waals surface area contributed by atoms with Crippen molar-refractivity contribution in [1.29, 1.82) is 0 Å². The fourth-order valence-corrected chi connectivity index (χ4v) is 6.01. The Hall–Kier alpha value is -4.55. The maximum Gasteiger partial charge on any atom is 0.337 e. The third-order valence-electron chi connectivity index (χ3n) is 6.13. The Labute approximate surface area is 251 Å². The molecule has 0 aromatic heterocycles. The number of carboxylic acid groups (broad SMARTS) is 1. The number of aromatic carboxylic acids is 1. The van der Waals surface area contributed by atoms with Gasteiger partial charge in [0.15, 0.2) is 0 Å². The second-order valence-electron chi connectivity index (χ2n) is 10.3. The lowest BCUT2D eigenvalue weighted by atomic mass is 10.1. The van der Waals surface area contributed by atoms with E-state index in [2.05, 4.69) is 9.44 Å². The summed E-state index contributed by atoms with van der Waals surface area (Å²) in [5.74, 6) is -0.669. The van der Waals surface area contributed by atoms with Gasteiger partial charge in [0.25, 0.3) is 20.0 Å². The van der Waals surface area contributed by atoms with E-state index >= 15 is 0 Å². The predicted molar refractivity (Wildman–Crippen MR) is 164 cm³/mol. The van der Waals surface area contributed by atoms with Crippen LogP contribution in [0.4, 0.5) is 11.4 Å². The van der Waals surface area contributed by atoms with Gasteiger partial charge in [0.05, 0.1) is 33.3 Å². The van der Waals surface area contributed by atoms with Crippen LogP contribution in [0.1, 0.15) is 35.3 Å². The SMILES string of the molecule is Cc1ccc(S(=O)(=O)Nc2ccc(Oc3ccc(NS(=O)(=O)c4ccc(C)cc4)c(C(=O)O)c3)cc2OCC(C)C)cc1. The van der Waals surface area contributed by atoms with Gasteiger partial charge < -0.3 is 14.6 Å². The van der Waals surface area contributed by atoms with Crippen LogP contribution in [0, 0.1) is 19.8 Å². The molecule has 4 aromatic carbocycles. The van der Waals surface area contributed by atoms with E-state index in [4.69, 9.17) is 9.47 Å². The van der Waals surface area contributed by atoms with Gasteiger partial charge in [-0.15, -0.1) is 0 Å². The van der Waals surface area contributed by atoms with Crippen molar-refractivity contribution in [2.24, 2.45) is 5.92 Å². The highest BCUT2D eigenvalue weighted by Crippen LogP contribution is 2.35. The van der Waals surface area contributed by atoms with Crippen LogP contribution >= 0.6 is 0 Å². The van der Waals surface area contributed by atoms with Crippen molar-refractivity contribution in [1.82, 2.24) is 0 Å². The molecule has 0 bridgehead atoms. The molecule has 3 N–H and O–H groups in total. The Morgan fingerprint density at radius 2 is 1.19 bits per heavy atom. The van der Waals surface area contributed by atoms with E-state index in [9.17, 15) is 26.7 Å². The minimum absolute atomic E-state index is 0.0122. The Bertz CT molecular complexity index is 1840. The van der Waals surface area contributed by atoms with Gasteiger partial charge in [-0.05, 0) is 74.4 Å². The molecule has 0 heterocycles. The summed E-state index contributed by atoms with van der Waals surface area (Å²) in [6.45, 7) is 7.86. The minimum Gasteiger partial charge on any atom is -0.491 e. The van der Waals surface area contributed by atoms with Crippen molar-refractivity contribution < 1.29 is 36.2 Å². The number of carboxylic acids is 1. The molecule has 0 spiro atoms. The zero-order chi connectivity index (χ0) is 31.4. The van der Waals surface area contributed by atoms with Crippen molar-refractivity contribution in [2.75, 3.05) is 16.1 Å². The van der Waals surface area contributed by atoms with E-state index in [0.717, 1.165) is 11.1 Å². The van der Waals surface area contributed by atoms with Gasteiger partial charge in [-0.25, -0.2) is 21.6 Å². The molecule has 0 atom stereocenters. The quantitative estimate of drug-likeness (QED) is 0.163. The fourth-order valence-electron chi connectivity index (χ4n) is 3.86. The van der Waals surface area contributed by atoms with Crippen LogP contribution < -0.4 is 18.9 Å². The van der Waals surface area contributed by atoms with E-state index < -0.39 is 26.0 Å². The van der Waals surface area contributed by atoms with Gasteiger partial charge in [-0.3, -0.25) is 9.44 Å². The summed E-state index contributed by atoms with van der Waals surface area (Å²) in [5, 5.41) is 9.80. The third-order valence-corrected chi connectivity index (χ3v) is 8.90. The highest BCUT2D eigenvalue weighted by molar-refractivity contribution is 7.93. The molecule has 0 saturated carbocycles. The molecule has 0 unspecified atom stereocenters. The first-order chi connectivity index (χ1) is 20.2. The number of nitrogens with one attached hydrogen (secondary N) is 2. The third kappa shape index (κ3) is 8.05. The summed E-state index contributed by atoms with van der Waals surface area (Å²) in [6.07, 6.45) is 0. The van der Waals surface area contributed by atoms with Crippen molar-refractivity contribution in [3.63, 3.8) is 0 Å². The van der Waals surface area contributed by atoms with E-state index in [1.54, 1.807) is 24.3 Å². The second-order valence-corrected chi connectivity index (χ2v) is 13.7. The molecule has 0 fully saturated rings. The van der Waals surface area contributed by atoms with Gasteiger partial charge in [0.1, 0.15) is 17.2 Å². The molecule has 0 radical (unpaired) electrons. The Morgan fingerprint density at radius 1 is 0.721 bits per heavy atom. The maximum atomic E-state index is 13.0. The highest BCUT2D eigenvalue weighted by Gasteiger charge is 2.21. The first-order valence-electron chi connectivity index (χ1n) is 13.2. The first kappa shape index (κ1) is 31.4. The van der Waals surface area contributed by atoms with Crippen LogP contribution in [-0.2, 0) is 20.0 Å². The predicted octanol–water partition coefficient (Wildman–Crippen LogP) is 6.43. The topological polar surface area (TPSA) is 148 Å². The smallest absolute Gasteiger partial charge is 0.337 e. The van der Waals surface area contributed by atoms with Crippen LogP contribution in [0.3, 0.4) is 0 Å². The number of hydrogen-bond acceptors (Lipinski definition) is 7. The zero-order valence-electron chi connectivity index (χ0n) is 24.0. The molecule has 0 amide bonds. The van der Waals surface area contributed by atoms with Gasteiger partial charge >= 0.3 is 5.97 Å². The number of sulfonamides is 2. The Balaban J connectivity index is 1.61. The van der Waals surface area contributed by atoms with Crippen LogP contribution in [-0.4, -0.2) is 34.5 Å². The lowest BCUT2D eigenvalue weighted by molar-refractivity contribution is 0.0697. The van der Waals surface area contributed by atoms with Crippen LogP contribution in [0.25, 0.3) is 0 Å². The number of hydrogen-bond donors (Lipinski definition) is 3. The molecule has 4 rings (SSSR count). The molecular formula is C31H32N2O8S2. The first-order valence-corrected chi connectivity index (χ1v) is 16.2. The lowest BCUT2D eigenvalue weighted by Gasteiger charge is -2.17. The zero-order valence-corrected chi connectivity index (χ0v) is 25.6. The monoisotopic (exact) mass is 624 g/mol. The molecule has 0 aliphatic carbocycles. The molecule has 12 heteroatoms. The van der Waals surface area contributed by atoms with Crippen molar-refractivity contribution in [2.45, 2.75) is 37.5 Å². The van der Waals surface area contributed by atoms with Crippen molar-refractivity contribution in [3.05, 3.63) is 102 Å². The largest absolute Gasteiger partial charge is 0.491 e. The average Bonchev–Trinajstić information content (AvgIpc) is 2.94. The number of anilines is 2. The van der Waals surface area contributed by atoms with Crippen LogP contribution in [0.15, 0.2) is 94.7 Å². The van der Waals surface area contributed by atoms with Gasteiger partial charge in [-0.1, -0.05) is 49.2 Å². The number of ether oxygens (including phenoxy) is 2. The summed E-state index contributed by atoms with van der Waals surface area (Å²) in [4.78, 5) is 12.1. The normalized spacial score (nSPS) is 11.7. The summed E-state index contributed by atoms with van der Waals surface area (Å²) in [5.41, 5.74) is 1.53. The molecule has 10 nitrogen and oxygen atoms in total. The highest BCUT2D eigenvalue weighted by atomic mass is 32.2. The molecule has 0 aliphatic rings. The standard InChI is InChI=1S/C31H32N2O8S2/c1-20(2)19-40-30-18-24(10-16-29(30)33-43(38,39)26-13-7-22(4)8-14-26)41-23-9-15-28(27(17-23)31(34)35)32-42(36,37)25-11-5-21(3)6-12-25/h5-18,20,32-33H,19H2,1-4H3,(H,34,35). The van der Waals surface area contributed by atoms with Crippen LogP contribution in [0.5, 0.6) is 17.2 Å². The van der Waals surface area contributed by atoms with E-state index in [1.165, 1.54) is 60.7 Å². The molecule has 4 aromatic rings. The van der Waals surface area contributed by atoms with E-state index in [1.807, 2.05) is 27.7 Å². The minimum atomic E-state index is -4.05. The Morgan fingerprint density at radius 3 is 1.67 bits per heavy atom. The summed E-state index contributed by atoms with van der Waals surface area (Å²) < 4.78 is 68.4. The second kappa shape index (κ2) is 12.8. The number of aryl methyl sites for hydroxylation is 2. The molecule has 226 valence electrons. The van der Waals surface area contributed by atoms with Gasteiger partial charge in [0, 0.05) is 6.07 Å². The van der Waals surface area contributed by atoms with E-state index in [-0.39, 0.29) is 49.9 Å². The number of carbonyl (C=O) groups is 1. The number of benzene rings is 4. The lowest BCUT2D eigenvalue weighted by Crippen LogP contribution is -2.15. The van der Waals surface area contributed by atoms with Crippen molar-refractivity contribution >= 4 is 37.4 Å². The van der Waals surface area contributed by atoms with Gasteiger partial charge in [0.2, 0.25) is 0 Å². The summed E-state index contributed by atoms with van der Waals surface area (Å²) in [6, 6.07) is 20.9. The van der Waals surface area contributed by atoms with Gasteiger partial charge in [-0.2, -0.15) is 0 Å². The maximum absolute atomic E-state index is 13.0. The molecule has 0 saturated heterocycles. The van der Waals surface area contributed by atoms with Crippen LogP contribution in [0.2, 0.25) is 0 Å². The molecular weight excluding hydrogens is 592 g/mol. The van der Waals surface area contributed by atoms with E-state index in [0.29, 0.717) is 6.61 Å². The Kier molecular flexibility index (Phi) is 9.31. The summed E-state index contributed by atoms with van der Waals surface area (Å²) >= 11 is 0. The molecule has 0 aliphatic heterocycles. The molecule has 43 heavy (non-hydrogen) atoms. The average molecular weight is 625 g/mol. The number of rotatable bonds is 12. The van der Waals surface area contributed by atoms with Crippen molar-refractivity contribution in [3.8, 4) is 17.2 Å².